The Morgan fingerprint density at radius 1 is 0.659 bits per heavy atom. The van der Waals surface area contributed by atoms with Gasteiger partial charge in [-0.05, 0) is 11.6 Å². The molecule has 0 aromatic rings. The summed E-state index contributed by atoms with van der Waals surface area (Å²) in [6.45, 7) is 0. The second-order valence-corrected chi connectivity index (χ2v) is 10.6. The highest BCUT2D eigenvalue weighted by Gasteiger charge is 2.27. The van der Waals surface area contributed by atoms with Gasteiger partial charge in [-0.3, -0.25) is 14.4 Å². The van der Waals surface area contributed by atoms with Crippen molar-refractivity contribution >= 4 is 101 Å². The molecule has 0 aliphatic carbocycles. The number of aliphatic hydroxyl groups excluding tert-OH is 1. The molecule has 0 amide bonds. The lowest BCUT2D eigenvalue weighted by molar-refractivity contribution is -0.140. The molecule has 0 atom stereocenters. The Labute approximate surface area is 274 Å². The van der Waals surface area contributed by atoms with Gasteiger partial charge in [0.25, 0.3) is 0 Å². The first-order valence-electron chi connectivity index (χ1n) is 10.8. The Morgan fingerprint density at radius 2 is 0.951 bits per heavy atom. The van der Waals surface area contributed by atoms with E-state index >= 15 is 0 Å². The van der Waals surface area contributed by atoms with Gasteiger partial charge in [-0.2, -0.15) is 74.8 Å². The summed E-state index contributed by atoms with van der Waals surface area (Å²) in [5.41, 5.74) is 0. The fourth-order valence-electron chi connectivity index (χ4n) is 1.44. The molecular weight excluding hydrogens is 893 g/mol. The summed E-state index contributed by atoms with van der Waals surface area (Å²) >= 11 is 12.4. The number of aliphatic carboxylic acids is 1. The molecule has 0 rings (SSSR count). The molecule has 0 fully saturated rings. The number of rotatable bonds is 15. The van der Waals surface area contributed by atoms with Gasteiger partial charge < -0.3 is 14.9 Å². The molecule has 0 radical (unpaired) electrons. The highest BCUT2D eigenvalue weighted by Crippen LogP contribution is 2.23. The topological polar surface area (TPSA) is 101 Å². The standard InChI is InChI=1S/C7H11F3O2S.C6H8ClF3OS.C6H9F3O2S.CH4O.I2/c1-12-6(11)2-4-13-5-3-7(8,9)10;7-5(11)1-3-12-4-2-6(8,9)10;7-6(8,9)2-4-12-3-1-5(10)11;2*1-2/h2-5H2,1H3;1-4H2;1-4H2,(H,10,11);2H,1H3;. The van der Waals surface area contributed by atoms with Crippen LogP contribution in [0.1, 0.15) is 38.5 Å². The average Bonchev–Trinajstić information content (AvgIpc) is 2.84. The number of halogens is 12. The number of ether oxygens (including phenoxy) is 1. The average molecular weight is 925 g/mol. The van der Waals surface area contributed by atoms with E-state index in [2.05, 4.69) is 42.0 Å². The second kappa shape index (κ2) is 33.6. The minimum atomic E-state index is -4.13. The number of carboxylic acid groups (broad SMARTS) is 1. The van der Waals surface area contributed by atoms with Crippen molar-refractivity contribution in [1.29, 1.82) is 0 Å². The molecule has 0 bridgehead atoms. The third kappa shape index (κ3) is 69.1. The molecule has 21 heteroatoms. The van der Waals surface area contributed by atoms with E-state index in [-0.39, 0.29) is 48.2 Å². The molecule has 250 valence electrons. The fraction of sp³-hybridized carbons (Fsp3) is 0.850. The first-order chi connectivity index (χ1) is 18.8. The van der Waals surface area contributed by atoms with Crippen molar-refractivity contribution in [2.75, 3.05) is 48.7 Å². The van der Waals surface area contributed by atoms with Crippen LogP contribution in [0.4, 0.5) is 39.5 Å². The summed E-state index contributed by atoms with van der Waals surface area (Å²) in [4.78, 5) is 30.6. The van der Waals surface area contributed by atoms with Gasteiger partial charge in [0.1, 0.15) is 0 Å². The fourth-order valence-corrected chi connectivity index (χ4v) is 4.35. The normalized spacial score (nSPS) is 10.7. The smallest absolute Gasteiger partial charge is 0.389 e. The summed E-state index contributed by atoms with van der Waals surface area (Å²) in [7, 11) is 2.25. The molecule has 0 saturated carbocycles. The van der Waals surface area contributed by atoms with Crippen LogP contribution in [0.15, 0.2) is 0 Å². The van der Waals surface area contributed by atoms with Crippen molar-refractivity contribution in [3.05, 3.63) is 0 Å². The Morgan fingerprint density at radius 3 is 1.20 bits per heavy atom. The molecule has 0 aliphatic heterocycles. The van der Waals surface area contributed by atoms with Crippen molar-refractivity contribution in [2.45, 2.75) is 57.1 Å². The largest absolute Gasteiger partial charge is 0.481 e. The number of hydrogen-bond acceptors (Lipinski definition) is 8. The molecule has 2 N–H and O–H groups in total. The molecule has 0 heterocycles. The molecule has 0 aromatic carbocycles. The first-order valence-corrected chi connectivity index (χ1v) is 20.9. The Bertz CT molecular complexity index is 601. The molecule has 6 nitrogen and oxygen atoms in total. The van der Waals surface area contributed by atoms with Gasteiger partial charge in [0.15, 0.2) is 0 Å². The zero-order valence-electron chi connectivity index (χ0n) is 21.8. The summed E-state index contributed by atoms with van der Waals surface area (Å²) in [6.07, 6.45) is -14.6. The number of alkyl halides is 9. The summed E-state index contributed by atoms with van der Waals surface area (Å²) in [5, 5.41) is 14.6. The van der Waals surface area contributed by atoms with Crippen LogP contribution in [0, 0.1) is 0 Å². The van der Waals surface area contributed by atoms with Crippen LogP contribution in [-0.2, 0) is 19.1 Å². The number of aliphatic hydroxyl groups is 1. The van der Waals surface area contributed by atoms with Crippen LogP contribution in [0.2, 0.25) is 0 Å². The number of hydrogen-bond donors (Lipinski definition) is 2. The van der Waals surface area contributed by atoms with Crippen molar-refractivity contribution < 1.29 is 68.8 Å². The predicted octanol–water partition coefficient (Wildman–Crippen LogP) is 8.59. The monoisotopic (exact) mass is 924 g/mol. The van der Waals surface area contributed by atoms with Gasteiger partial charge in [-0.1, -0.05) is 0 Å². The van der Waals surface area contributed by atoms with E-state index in [1.807, 2.05) is 0 Å². The highest BCUT2D eigenvalue weighted by molar-refractivity contribution is 15.0. The Hall–Kier alpha value is 0.740. The second-order valence-electron chi connectivity index (χ2n) is 6.51. The lowest BCUT2D eigenvalue weighted by Gasteiger charge is -2.04. The van der Waals surface area contributed by atoms with E-state index < -0.39 is 49.0 Å². The summed E-state index contributed by atoms with van der Waals surface area (Å²) in [6, 6.07) is 0. The van der Waals surface area contributed by atoms with Crippen LogP contribution in [0.25, 0.3) is 0 Å². The number of esters is 1. The number of carboxylic acids is 1. The van der Waals surface area contributed by atoms with Gasteiger partial charge >= 0.3 is 30.5 Å². The van der Waals surface area contributed by atoms with Gasteiger partial charge in [0.2, 0.25) is 5.24 Å². The quantitative estimate of drug-likeness (QED) is 0.0551. The molecule has 0 saturated heterocycles. The van der Waals surface area contributed by atoms with E-state index in [9.17, 15) is 53.9 Å². The van der Waals surface area contributed by atoms with Gasteiger partial charge in [0.05, 0.1) is 39.2 Å². The molecule has 0 spiro atoms. The van der Waals surface area contributed by atoms with Crippen molar-refractivity contribution in [2.24, 2.45) is 0 Å². The Kier molecular flexibility index (Phi) is 42.1. The van der Waals surface area contributed by atoms with Crippen LogP contribution in [0.3, 0.4) is 0 Å². The van der Waals surface area contributed by atoms with Crippen molar-refractivity contribution in [3.8, 4) is 0 Å². The van der Waals surface area contributed by atoms with Gasteiger partial charge in [0, 0.05) is 85.3 Å². The molecule has 0 unspecified atom stereocenters. The zero-order chi connectivity index (χ0) is 33.5. The third-order valence-electron chi connectivity index (χ3n) is 3.17. The summed E-state index contributed by atoms with van der Waals surface area (Å²) < 4.78 is 108. The van der Waals surface area contributed by atoms with E-state index in [0.717, 1.165) is 42.4 Å². The first kappa shape index (κ1) is 51.3. The third-order valence-corrected chi connectivity index (χ3v) is 6.32. The maximum Gasteiger partial charge on any atom is 0.389 e. The molecular formula is C20H32ClF9I2O6S3. The lowest BCUT2D eigenvalue weighted by Crippen LogP contribution is -2.09. The minimum Gasteiger partial charge on any atom is -0.481 e. The highest BCUT2D eigenvalue weighted by atomic mass is 128. The zero-order valence-corrected chi connectivity index (χ0v) is 29.3. The van der Waals surface area contributed by atoms with Crippen molar-refractivity contribution in [3.63, 3.8) is 0 Å². The van der Waals surface area contributed by atoms with Gasteiger partial charge in [-0.15, -0.1) is 0 Å². The van der Waals surface area contributed by atoms with Crippen LogP contribution >= 0.6 is 84.1 Å². The van der Waals surface area contributed by atoms with E-state index in [1.54, 1.807) is 0 Å². The van der Waals surface area contributed by atoms with Crippen LogP contribution in [0.5, 0.6) is 0 Å². The predicted molar refractivity (Wildman–Crippen MR) is 165 cm³/mol. The van der Waals surface area contributed by atoms with Crippen molar-refractivity contribution in [1.82, 2.24) is 0 Å². The van der Waals surface area contributed by atoms with Gasteiger partial charge in [-0.25, -0.2) is 0 Å². The number of methoxy groups -OCH3 is 1. The molecule has 0 aromatic heterocycles. The van der Waals surface area contributed by atoms with E-state index in [0.29, 0.717) is 11.5 Å². The van der Waals surface area contributed by atoms with Crippen LogP contribution < -0.4 is 0 Å². The molecule has 41 heavy (non-hydrogen) atoms. The summed E-state index contributed by atoms with van der Waals surface area (Å²) in [5.74, 6) is -0.452. The minimum absolute atomic E-state index is 0.000490. The maximum absolute atomic E-state index is 11.6. The number of carbonyl (C=O) groups excluding carboxylic acids is 2. The number of carbonyl (C=O) groups is 3. The molecule has 0 aliphatic rings. The Balaban J connectivity index is -0.000000149. The number of thioether (sulfide) groups is 3. The maximum atomic E-state index is 11.6. The van der Waals surface area contributed by atoms with E-state index in [4.69, 9.17) is 21.8 Å². The lowest BCUT2D eigenvalue weighted by atomic mass is 10.5. The van der Waals surface area contributed by atoms with Crippen LogP contribution in [-0.4, -0.2) is 94.7 Å². The SMILES string of the molecule is CO.COC(=O)CCSCCC(F)(F)F.II.O=C(Cl)CCSCCC(F)(F)F.O=C(O)CCSCCC(F)(F)F. The van der Waals surface area contributed by atoms with E-state index in [1.165, 1.54) is 7.11 Å².